The maximum atomic E-state index is 6.48. The molecule has 1 fully saturated rings. The normalized spacial score (nSPS) is 18.6. The highest BCUT2D eigenvalue weighted by Gasteiger charge is 2.39. The molecular formula is C14H19ClO2. The van der Waals surface area contributed by atoms with Crippen LogP contribution in [0.15, 0.2) is 18.2 Å². The van der Waals surface area contributed by atoms with E-state index in [1.54, 1.807) is 7.11 Å². The predicted molar refractivity (Wildman–Crippen MR) is 70.0 cm³/mol. The average Bonchev–Trinajstić information content (AvgIpc) is 2.24. The summed E-state index contributed by atoms with van der Waals surface area (Å²) in [5, 5.41) is 0. The second-order valence-corrected chi connectivity index (χ2v) is 6.35. The van der Waals surface area contributed by atoms with E-state index in [0.717, 1.165) is 11.3 Å². The van der Waals surface area contributed by atoms with E-state index in [0.29, 0.717) is 13.2 Å². The van der Waals surface area contributed by atoms with Crippen LogP contribution in [-0.2, 0) is 15.0 Å². The lowest BCUT2D eigenvalue weighted by Gasteiger charge is -2.37. The van der Waals surface area contributed by atoms with E-state index in [9.17, 15) is 0 Å². The van der Waals surface area contributed by atoms with Crippen LogP contribution >= 0.6 is 11.6 Å². The highest BCUT2D eigenvalue weighted by Crippen LogP contribution is 2.40. The van der Waals surface area contributed by atoms with Gasteiger partial charge in [0.15, 0.2) is 0 Å². The minimum absolute atomic E-state index is 0.0409. The zero-order chi connectivity index (χ0) is 12.7. The quantitative estimate of drug-likeness (QED) is 0.753. The SMILES string of the molecule is COc1ccc(C2(Cl)COC2)cc1C(C)(C)C. The molecule has 0 saturated carbocycles. The molecule has 1 aliphatic rings. The summed E-state index contributed by atoms with van der Waals surface area (Å²) in [5.74, 6) is 0.918. The summed E-state index contributed by atoms with van der Waals surface area (Å²) in [5.41, 5.74) is 2.35. The number of methoxy groups -OCH3 is 1. The third-order valence-electron chi connectivity index (χ3n) is 3.19. The van der Waals surface area contributed by atoms with Crippen LogP contribution in [0.25, 0.3) is 0 Å². The van der Waals surface area contributed by atoms with Crippen molar-refractivity contribution >= 4 is 11.6 Å². The molecule has 0 amide bonds. The molecule has 0 radical (unpaired) electrons. The van der Waals surface area contributed by atoms with E-state index in [1.807, 2.05) is 12.1 Å². The van der Waals surface area contributed by atoms with E-state index in [2.05, 4.69) is 26.8 Å². The van der Waals surface area contributed by atoms with Gasteiger partial charge in [-0.1, -0.05) is 26.8 Å². The third-order valence-corrected chi connectivity index (χ3v) is 3.62. The molecule has 17 heavy (non-hydrogen) atoms. The summed E-state index contributed by atoms with van der Waals surface area (Å²) in [4.78, 5) is -0.341. The molecule has 0 bridgehead atoms. The molecule has 0 aromatic heterocycles. The van der Waals surface area contributed by atoms with Gasteiger partial charge in [0.05, 0.1) is 20.3 Å². The van der Waals surface area contributed by atoms with Gasteiger partial charge in [-0.15, -0.1) is 11.6 Å². The Morgan fingerprint density at radius 3 is 2.35 bits per heavy atom. The molecule has 0 aliphatic carbocycles. The molecule has 0 unspecified atom stereocenters. The Bertz CT molecular complexity index is 417. The van der Waals surface area contributed by atoms with Crippen LogP contribution in [0.3, 0.4) is 0 Å². The lowest BCUT2D eigenvalue weighted by atomic mass is 9.83. The molecule has 1 aromatic rings. The monoisotopic (exact) mass is 254 g/mol. The van der Waals surface area contributed by atoms with Gasteiger partial charge in [-0.2, -0.15) is 0 Å². The average molecular weight is 255 g/mol. The van der Waals surface area contributed by atoms with Gasteiger partial charge in [0.1, 0.15) is 10.6 Å². The van der Waals surface area contributed by atoms with Gasteiger partial charge in [-0.3, -0.25) is 0 Å². The van der Waals surface area contributed by atoms with Gasteiger partial charge >= 0.3 is 0 Å². The smallest absolute Gasteiger partial charge is 0.122 e. The predicted octanol–water partition coefficient (Wildman–Crippen LogP) is 3.46. The van der Waals surface area contributed by atoms with Crippen LogP contribution in [-0.4, -0.2) is 20.3 Å². The number of hydrogen-bond donors (Lipinski definition) is 0. The Labute approximate surface area is 108 Å². The van der Waals surface area contributed by atoms with E-state index in [-0.39, 0.29) is 10.3 Å². The minimum Gasteiger partial charge on any atom is -0.496 e. The molecule has 0 spiro atoms. The fourth-order valence-corrected chi connectivity index (χ4v) is 2.29. The summed E-state index contributed by atoms with van der Waals surface area (Å²) in [6.45, 7) is 7.70. The van der Waals surface area contributed by atoms with Crippen molar-refractivity contribution in [1.29, 1.82) is 0 Å². The first kappa shape index (κ1) is 12.7. The number of benzene rings is 1. The molecule has 1 aromatic carbocycles. The van der Waals surface area contributed by atoms with Crippen LogP contribution in [0.1, 0.15) is 31.9 Å². The lowest BCUT2D eigenvalue weighted by molar-refractivity contribution is -0.0152. The zero-order valence-corrected chi connectivity index (χ0v) is 11.6. The van der Waals surface area contributed by atoms with Crippen molar-refractivity contribution in [2.75, 3.05) is 20.3 Å². The maximum Gasteiger partial charge on any atom is 0.122 e. The molecule has 2 nitrogen and oxygen atoms in total. The standard InChI is InChI=1S/C14H19ClO2/c1-13(2,3)11-7-10(5-6-12(11)16-4)14(15)8-17-9-14/h5-7H,8-9H2,1-4H3. The van der Waals surface area contributed by atoms with Crippen molar-refractivity contribution in [2.45, 2.75) is 31.1 Å². The number of halogens is 1. The lowest BCUT2D eigenvalue weighted by Crippen LogP contribution is -2.41. The summed E-state index contributed by atoms with van der Waals surface area (Å²) in [6, 6.07) is 6.18. The van der Waals surface area contributed by atoms with Crippen molar-refractivity contribution in [3.63, 3.8) is 0 Å². The molecule has 94 valence electrons. The summed E-state index contributed by atoms with van der Waals surface area (Å²) in [6.07, 6.45) is 0. The van der Waals surface area contributed by atoms with Crippen LogP contribution in [0.4, 0.5) is 0 Å². The Kier molecular flexibility index (Phi) is 3.13. The van der Waals surface area contributed by atoms with Crippen LogP contribution in [0, 0.1) is 0 Å². The number of hydrogen-bond acceptors (Lipinski definition) is 2. The summed E-state index contributed by atoms with van der Waals surface area (Å²) >= 11 is 6.48. The second kappa shape index (κ2) is 4.18. The van der Waals surface area contributed by atoms with E-state index < -0.39 is 0 Å². The molecule has 1 saturated heterocycles. The number of alkyl halides is 1. The Hall–Kier alpha value is -0.730. The Morgan fingerprint density at radius 1 is 1.29 bits per heavy atom. The molecule has 2 rings (SSSR count). The number of rotatable bonds is 2. The van der Waals surface area contributed by atoms with Crippen molar-refractivity contribution in [1.82, 2.24) is 0 Å². The van der Waals surface area contributed by atoms with Gasteiger partial charge in [-0.25, -0.2) is 0 Å². The first-order valence-electron chi connectivity index (χ1n) is 5.82. The maximum absolute atomic E-state index is 6.48. The van der Waals surface area contributed by atoms with Gasteiger partial charge in [-0.05, 0) is 28.7 Å². The van der Waals surface area contributed by atoms with E-state index in [4.69, 9.17) is 21.1 Å². The fourth-order valence-electron chi connectivity index (χ4n) is 2.02. The first-order chi connectivity index (χ1) is 7.87. The first-order valence-corrected chi connectivity index (χ1v) is 6.20. The van der Waals surface area contributed by atoms with Gasteiger partial charge in [0.25, 0.3) is 0 Å². The van der Waals surface area contributed by atoms with Crippen molar-refractivity contribution in [3.05, 3.63) is 29.3 Å². The Balaban J connectivity index is 2.45. The molecule has 3 heteroatoms. The number of ether oxygens (including phenoxy) is 2. The van der Waals surface area contributed by atoms with E-state index in [1.165, 1.54) is 5.56 Å². The van der Waals surface area contributed by atoms with Crippen LogP contribution < -0.4 is 4.74 Å². The van der Waals surface area contributed by atoms with Crippen molar-refractivity contribution < 1.29 is 9.47 Å². The zero-order valence-electron chi connectivity index (χ0n) is 10.8. The summed E-state index contributed by atoms with van der Waals surface area (Å²) in [7, 11) is 1.70. The minimum atomic E-state index is -0.341. The van der Waals surface area contributed by atoms with Crippen molar-refractivity contribution in [3.8, 4) is 5.75 Å². The van der Waals surface area contributed by atoms with Crippen molar-refractivity contribution in [2.24, 2.45) is 0 Å². The largest absolute Gasteiger partial charge is 0.496 e. The Morgan fingerprint density at radius 2 is 1.94 bits per heavy atom. The van der Waals surface area contributed by atoms with Gasteiger partial charge in [0.2, 0.25) is 0 Å². The molecule has 1 heterocycles. The van der Waals surface area contributed by atoms with Gasteiger partial charge in [0, 0.05) is 0 Å². The fraction of sp³-hybridized carbons (Fsp3) is 0.571. The highest BCUT2D eigenvalue weighted by molar-refractivity contribution is 6.24. The van der Waals surface area contributed by atoms with Crippen LogP contribution in [0.5, 0.6) is 5.75 Å². The highest BCUT2D eigenvalue weighted by atomic mass is 35.5. The molecule has 0 N–H and O–H groups in total. The van der Waals surface area contributed by atoms with E-state index >= 15 is 0 Å². The molecular weight excluding hydrogens is 236 g/mol. The molecule has 1 aliphatic heterocycles. The molecule has 0 atom stereocenters. The summed E-state index contributed by atoms with van der Waals surface area (Å²) < 4.78 is 10.6. The third kappa shape index (κ3) is 2.29. The second-order valence-electron chi connectivity index (χ2n) is 5.62. The van der Waals surface area contributed by atoms with Gasteiger partial charge < -0.3 is 9.47 Å². The topological polar surface area (TPSA) is 18.5 Å². The van der Waals surface area contributed by atoms with Crippen LogP contribution in [0.2, 0.25) is 0 Å².